The van der Waals surface area contributed by atoms with E-state index in [1.54, 1.807) is 0 Å². The van der Waals surface area contributed by atoms with Gasteiger partial charge in [-0.2, -0.15) is 0 Å². The van der Waals surface area contributed by atoms with Gasteiger partial charge in [-0.05, 0) is 104 Å². The summed E-state index contributed by atoms with van der Waals surface area (Å²) in [5.41, 5.74) is 12.2. The quantitative estimate of drug-likeness (QED) is 0.176. The van der Waals surface area contributed by atoms with E-state index in [-0.39, 0.29) is 0 Å². The molecule has 0 atom stereocenters. The minimum Gasteiger partial charge on any atom is -0.456 e. The maximum absolute atomic E-state index is 6.23. The number of fused-ring (bicyclic) bond motifs is 5. The molecule has 0 radical (unpaired) electrons. The predicted octanol–water partition coefficient (Wildman–Crippen LogP) is 14.4. The number of rotatable bonds is 6. The van der Waals surface area contributed by atoms with E-state index < -0.39 is 0 Å². The molecule has 9 aromatic carbocycles. The molecular formula is C50H33NO. The van der Waals surface area contributed by atoms with Crippen molar-refractivity contribution < 1.29 is 4.42 Å². The fourth-order valence-corrected chi connectivity index (χ4v) is 7.67. The van der Waals surface area contributed by atoms with Crippen molar-refractivity contribution in [2.24, 2.45) is 0 Å². The van der Waals surface area contributed by atoms with Crippen LogP contribution < -0.4 is 4.90 Å². The molecule has 1 aromatic heterocycles. The lowest BCUT2D eigenvalue weighted by Gasteiger charge is -2.27. The first-order valence-corrected chi connectivity index (χ1v) is 17.8. The molecule has 0 N–H and O–H groups in total. The van der Waals surface area contributed by atoms with Crippen LogP contribution in [0.15, 0.2) is 205 Å². The second kappa shape index (κ2) is 12.5. The van der Waals surface area contributed by atoms with E-state index in [1.165, 1.54) is 43.8 Å². The SMILES string of the molecule is c1ccc(-c2ccc(N(c3ccc(-c4cccc5oc6ccccc6c45)cc3)c3cccc4ccc(-c5ccc6ccccc6c5)cc34)cc2)cc1. The Bertz CT molecular complexity index is 2890. The Kier molecular flexibility index (Phi) is 7.18. The molecule has 52 heavy (non-hydrogen) atoms. The zero-order valence-corrected chi connectivity index (χ0v) is 28.4. The highest BCUT2D eigenvalue weighted by Gasteiger charge is 2.18. The van der Waals surface area contributed by atoms with Crippen LogP contribution in [0.1, 0.15) is 0 Å². The lowest BCUT2D eigenvalue weighted by Crippen LogP contribution is -2.10. The molecule has 1 heterocycles. The molecule has 2 nitrogen and oxygen atoms in total. The summed E-state index contributed by atoms with van der Waals surface area (Å²) in [4.78, 5) is 2.39. The van der Waals surface area contributed by atoms with Crippen LogP contribution >= 0.6 is 0 Å². The van der Waals surface area contributed by atoms with Crippen LogP contribution in [0.25, 0.3) is 76.9 Å². The third kappa shape index (κ3) is 5.21. The third-order valence-electron chi connectivity index (χ3n) is 10.3. The van der Waals surface area contributed by atoms with E-state index in [2.05, 4.69) is 193 Å². The van der Waals surface area contributed by atoms with Gasteiger partial charge in [0.1, 0.15) is 11.2 Å². The molecule has 244 valence electrons. The molecule has 0 bridgehead atoms. The number of benzene rings is 9. The number of furan rings is 1. The first-order chi connectivity index (χ1) is 25.8. The molecule has 2 heteroatoms. The summed E-state index contributed by atoms with van der Waals surface area (Å²) < 4.78 is 6.23. The molecule has 0 aliphatic carbocycles. The van der Waals surface area contributed by atoms with Gasteiger partial charge in [-0.15, -0.1) is 0 Å². The van der Waals surface area contributed by atoms with Gasteiger partial charge in [-0.1, -0.05) is 146 Å². The standard InChI is InChI=1S/C50H33NO/c1-2-10-34(11-3-1)36-24-28-42(29-25-36)51(43-30-26-38(27-31-43)44-16-9-19-49-50(44)45-15-6-7-18-48(45)52-49)47-17-8-14-37-21-23-41(33-46(37)47)40-22-20-35-12-4-5-13-39(35)32-40/h1-33H. The summed E-state index contributed by atoms with van der Waals surface area (Å²) in [6.45, 7) is 0. The van der Waals surface area contributed by atoms with Crippen molar-refractivity contribution in [2.75, 3.05) is 4.90 Å². The molecule has 0 aliphatic heterocycles. The van der Waals surface area contributed by atoms with Gasteiger partial charge in [0.15, 0.2) is 0 Å². The second-order valence-corrected chi connectivity index (χ2v) is 13.3. The molecule has 0 spiro atoms. The van der Waals surface area contributed by atoms with Crippen molar-refractivity contribution in [2.45, 2.75) is 0 Å². The first kappa shape index (κ1) is 30.0. The average Bonchev–Trinajstić information content (AvgIpc) is 3.61. The van der Waals surface area contributed by atoms with Crippen molar-refractivity contribution in [1.29, 1.82) is 0 Å². The zero-order valence-electron chi connectivity index (χ0n) is 28.4. The Hall–Kier alpha value is -6.90. The molecule has 0 aliphatic rings. The van der Waals surface area contributed by atoms with Crippen LogP contribution in [-0.4, -0.2) is 0 Å². The highest BCUT2D eigenvalue weighted by molar-refractivity contribution is 6.12. The fourth-order valence-electron chi connectivity index (χ4n) is 7.67. The lowest BCUT2D eigenvalue weighted by atomic mass is 9.97. The molecular weight excluding hydrogens is 631 g/mol. The van der Waals surface area contributed by atoms with Crippen molar-refractivity contribution >= 4 is 60.5 Å². The van der Waals surface area contributed by atoms with Crippen molar-refractivity contribution in [3.8, 4) is 33.4 Å². The highest BCUT2D eigenvalue weighted by atomic mass is 16.3. The first-order valence-electron chi connectivity index (χ1n) is 17.8. The van der Waals surface area contributed by atoms with E-state index >= 15 is 0 Å². The number of anilines is 3. The van der Waals surface area contributed by atoms with Gasteiger partial charge >= 0.3 is 0 Å². The molecule has 0 saturated carbocycles. The van der Waals surface area contributed by atoms with E-state index in [4.69, 9.17) is 4.42 Å². The zero-order chi connectivity index (χ0) is 34.4. The minimum atomic E-state index is 0.904. The largest absolute Gasteiger partial charge is 0.456 e. The molecule has 0 fully saturated rings. The molecule has 0 saturated heterocycles. The maximum Gasteiger partial charge on any atom is 0.136 e. The lowest BCUT2D eigenvalue weighted by molar-refractivity contribution is 0.669. The number of hydrogen-bond donors (Lipinski definition) is 0. The Morgan fingerprint density at radius 2 is 0.904 bits per heavy atom. The molecule has 0 amide bonds. The van der Waals surface area contributed by atoms with Gasteiger partial charge in [0.2, 0.25) is 0 Å². The molecule has 0 unspecified atom stereocenters. The van der Waals surface area contributed by atoms with Crippen LogP contribution in [-0.2, 0) is 0 Å². The van der Waals surface area contributed by atoms with Gasteiger partial charge in [0.05, 0.1) is 5.69 Å². The Labute approximate surface area is 302 Å². The summed E-state index contributed by atoms with van der Waals surface area (Å²) in [5, 5.41) is 7.16. The van der Waals surface area contributed by atoms with Crippen molar-refractivity contribution in [1.82, 2.24) is 0 Å². The smallest absolute Gasteiger partial charge is 0.136 e. The highest BCUT2D eigenvalue weighted by Crippen LogP contribution is 2.43. The van der Waals surface area contributed by atoms with Gasteiger partial charge in [-0.3, -0.25) is 0 Å². The number of hydrogen-bond acceptors (Lipinski definition) is 2. The summed E-state index contributed by atoms with van der Waals surface area (Å²) in [7, 11) is 0. The normalized spacial score (nSPS) is 11.5. The number of nitrogens with zero attached hydrogens (tertiary/aromatic N) is 1. The predicted molar refractivity (Wildman–Crippen MR) is 220 cm³/mol. The third-order valence-corrected chi connectivity index (χ3v) is 10.3. The van der Waals surface area contributed by atoms with Crippen LogP contribution in [0.4, 0.5) is 17.1 Å². The Morgan fingerprint density at radius 3 is 1.71 bits per heavy atom. The minimum absolute atomic E-state index is 0.904. The maximum atomic E-state index is 6.23. The monoisotopic (exact) mass is 663 g/mol. The Balaban J connectivity index is 1.12. The van der Waals surface area contributed by atoms with Crippen LogP contribution in [0.3, 0.4) is 0 Å². The van der Waals surface area contributed by atoms with Gasteiger partial charge in [-0.25, -0.2) is 0 Å². The second-order valence-electron chi connectivity index (χ2n) is 13.3. The van der Waals surface area contributed by atoms with E-state index in [0.29, 0.717) is 0 Å². The van der Waals surface area contributed by atoms with Crippen molar-refractivity contribution in [3.63, 3.8) is 0 Å². The summed E-state index contributed by atoms with van der Waals surface area (Å²) in [6, 6.07) is 71.8. The fraction of sp³-hybridized carbons (Fsp3) is 0. The van der Waals surface area contributed by atoms with Crippen LogP contribution in [0.2, 0.25) is 0 Å². The van der Waals surface area contributed by atoms with Gasteiger partial charge < -0.3 is 9.32 Å². The summed E-state index contributed by atoms with van der Waals surface area (Å²) in [5.74, 6) is 0. The van der Waals surface area contributed by atoms with E-state index in [1.807, 2.05) is 12.1 Å². The Morgan fingerprint density at radius 1 is 0.327 bits per heavy atom. The van der Waals surface area contributed by atoms with E-state index in [9.17, 15) is 0 Å². The summed E-state index contributed by atoms with van der Waals surface area (Å²) in [6.07, 6.45) is 0. The van der Waals surface area contributed by atoms with E-state index in [0.717, 1.165) is 50.1 Å². The van der Waals surface area contributed by atoms with Gasteiger partial charge in [0, 0.05) is 27.5 Å². The molecule has 10 aromatic rings. The number of para-hydroxylation sites is 1. The average molecular weight is 664 g/mol. The topological polar surface area (TPSA) is 16.4 Å². The van der Waals surface area contributed by atoms with Crippen LogP contribution in [0.5, 0.6) is 0 Å². The van der Waals surface area contributed by atoms with Gasteiger partial charge in [0.25, 0.3) is 0 Å². The summed E-state index contributed by atoms with van der Waals surface area (Å²) >= 11 is 0. The van der Waals surface area contributed by atoms with Crippen LogP contribution in [0, 0.1) is 0 Å². The molecule has 10 rings (SSSR count). The van der Waals surface area contributed by atoms with Crippen molar-refractivity contribution in [3.05, 3.63) is 200 Å².